The lowest BCUT2D eigenvalue weighted by Gasteiger charge is -2.47. The number of fused-ring (bicyclic) bond motifs is 5. The molecule has 5 nitrogen and oxygen atoms in total. The molecule has 0 amide bonds. The molecule has 1 aromatic heterocycles. The third kappa shape index (κ3) is 3.99. The molecule has 192 valence electrons. The maximum Gasteiger partial charge on any atom is 0.308 e. The summed E-state index contributed by atoms with van der Waals surface area (Å²) < 4.78 is 28.7. The Labute approximate surface area is 215 Å². The number of carboxylic acid groups (broad SMARTS) is 1. The number of anilines is 1. The summed E-state index contributed by atoms with van der Waals surface area (Å²) in [6, 6.07) is 8.01. The zero-order valence-corrected chi connectivity index (χ0v) is 21.3. The maximum atomic E-state index is 14.5. The normalized spacial score (nSPS) is 24.7. The van der Waals surface area contributed by atoms with Crippen LogP contribution in [0.25, 0.3) is 16.5 Å². The van der Waals surface area contributed by atoms with Crippen molar-refractivity contribution in [1.82, 2.24) is 9.97 Å². The van der Waals surface area contributed by atoms with E-state index < -0.39 is 23.5 Å². The molecular formula is C30H31F2N3O2. The van der Waals surface area contributed by atoms with Gasteiger partial charge in [-0.05, 0) is 78.2 Å². The van der Waals surface area contributed by atoms with Crippen molar-refractivity contribution in [2.45, 2.75) is 64.3 Å². The van der Waals surface area contributed by atoms with Crippen molar-refractivity contribution in [3.63, 3.8) is 0 Å². The summed E-state index contributed by atoms with van der Waals surface area (Å²) >= 11 is 0. The summed E-state index contributed by atoms with van der Waals surface area (Å²) in [5.41, 5.74) is 3.09. The first-order chi connectivity index (χ1) is 17.6. The molecule has 3 saturated carbocycles. The van der Waals surface area contributed by atoms with Crippen LogP contribution in [0.3, 0.4) is 0 Å². The van der Waals surface area contributed by atoms with Gasteiger partial charge in [0.2, 0.25) is 0 Å². The molecule has 3 fully saturated rings. The number of carbonyl (C=O) groups is 1. The highest BCUT2D eigenvalue weighted by Crippen LogP contribution is 2.47. The van der Waals surface area contributed by atoms with Crippen molar-refractivity contribution in [1.29, 1.82) is 0 Å². The summed E-state index contributed by atoms with van der Waals surface area (Å²) in [5, 5.41) is 14.5. The van der Waals surface area contributed by atoms with Crippen LogP contribution in [0.2, 0.25) is 0 Å². The van der Waals surface area contributed by atoms with E-state index in [0.717, 1.165) is 48.2 Å². The van der Waals surface area contributed by atoms with Crippen molar-refractivity contribution in [3.05, 3.63) is 70.6 Å². The minimum atomic E-state index is -0.765. The highest BCUT2D eigenvalue weighted by molar-refractivity contribution is 5.94. The van der Waals surface area contributed by atoms with Crippen LogP contribution in [0.15, 0.2) is 36.4 Å². The van der Waals surface area contributed by atoms with Gasteiger partial charge in [0.25, 0.3) is 0 Å². The standard InChI is InChI=1S/C30H31F2N3O2/c1-30(2,3)22-6-4-5-20-26(22)34-27(19-12-11-18-21(19)13-17(31)14-23(18)32)35-28(20)33-25-16-9-7-15(8-10-16)24(25)29(36)37/h4-6,12-16,24-25H,7-11H2,1-3H3,(H,36,37)(H,33,34,35). The van der Waals surface area contributed by atoms with E-state index in [0.29, 0.717) is 34.8 Å². The molecule has 1 heterocycles. The Kier molecular flexibility index (Phi) is 5.58. The van der Waals surface area contributed by atoms with Crippen LogP contribution in [0.4, 0.5) is 14.6 Å². The molecular weight excluding hydrogens is 472 g/mol. The number of allylic oxidation sites excluding steroid dienone is 1. The zero-order valence-electron chi connectivity index (χ0n) is 21.3. The van der Waals surface area contributed by atoms with Gasteiger partial charge in [-0.25, -0.2) is 18.7 Å². The smallest absolute Gasteiger partial charge is 0.308 e. The van der Waals surface area contributed by atoms with E-state index in [4.69, 9.17) is 9.97 Å². The Hall–Kier alpha value is -3.35. The van der Waals surface area contributed by atoms with Gasteiger partial charge in [-0.3, -0.25) is 4.79 Å². The molecule has 2 aromatic carbocycles. The van der Waals surface area contributed by atoms with E-state index >= 15 is 0 Å². The lowest BCUT2D eigenvalue weighted by atomic mass is 9.61. The van der Waals surface area contributed by atoms with E-state index in [9.17, 15) is 18.7 Å². The molecule has 0 aliphatic heterocycles. The van der Waals surface area contributed by atoms with Gasteiger partial charge in [0.05, 0.1) is 11.4 Å². The lowest BCUT2D eigenvalue weighted by Crippen LogP contribution is -2.51. The molecule has 7 heteroatoms. The first-order valence-corrected chi connectivity index (χ1v) is 13.1. The molecule has 3 aromatic rings. The number of aromatic nitrogens is 2. The molecule has 4 aliphatic carbocycles. The Morgan fingerprint density at radius 1 is 1.05 bits per heavy atom. The van der Waals surface area contributed by atoms with Crippen LogP contribution in [0, 0.1) is 29.4 Å². The number of rotatable bonds is 4. The van der Waals surface area contributed by atoms with Crippen molar-refractivity contribution in [2.24, 2.45) is 17.8 Å². The molecule has 2 bridgehead atoms. The van der Waals surface area contributed by atoms with Crippen LogP contribution in [0.1, 0.15) is 69.0 Å². The van der Waals surface area contributed by atoms with Crippen LogP contribution in [-0.4, -0.2) is 27.1 Å². The fourth-order valence-electron chi connectivity index (χ4n) is 6.74. The second kappa shape index (κ2) is 8.61. The summed E-state index contributed by atoms with van der Waals surface area (Å²) in [6.07, 6.45) is 6.10. The minimum absolute atomic E-state index is 0.160. The number of nitrogens with one attached hydrogen (secondary N) is 1. The Bertz CT molecular complexity index is 1450. The molecule has 2 unspecified atom stereocenters. The topological polar surface area (TPSA) is 75.1 Å². The number of nitrogens with zero attached hydrogens (tertiary/aromatic N) is 2. The van der Waals surface area contributed by atoms with E-state index in [1.54, 1.807) is 0 Å². The average molecular weight is 504 g/mol. The second-order valence-electron chi connectivity index (χ2n) is 11.8. The third-order valence-electron chi connectivity index (χ3n) is 8.54. The molecule has 0 spiro atoms. The number of halogens is 2. The fraction of sp³-hybridized carbons (Fsp3) is 0.433. The van der Waals surface area contributed by atoms with E-state index in [2.05, 4.69) is 26.1 Å². The number of carboxylic acids is 1. The molecule has 2 N–H and O–H groups in total. The highest BCUT2D eigenvalue weighted by Gasteiger charge is 2.47. The largest absolute Gasteiger partial charge is 0.481 e. The molecule has 0 saturated heterocycles. The predicted octanol–water partition coefficient (Wildman–Crippen LogP) is 6.49. The number of benzene rings is 2. The van der Waals surface area contributed by atoms with Crippen molar-refractivity contribution < 1.29 is 18.7 Å². The van der Waals surface area contributed by atoms with Gasteiger partial charge in [0.15, 0.2) is 5.82 Å². The van der Waals surface area contributed by atoms with Gasteiger partial charge >= 0.3 is 5.97 Å². The molecule has 4 aliphatic rings. The van der Waals surface area contributed by atoms with Crippen LogP contribution in [-0.2, 0) is 16.6 Å². The quantitative estimate of drug-likeness (QED) is 0.425. The molecule has 7 rings (SSSR count). The van der Waals surface area contributed by atoms with Crippen molar-refractivity contribution in [2.75, 3.05) is 5.32 Å². The van der Waals surface area contributed by atoms with Gasteiger partial charge in [-0.2, -0.15) is 0 Å². The van der Waals surface area contributed by atoms with E-state index in [-0.39, 0.29) is 23.3 Å². The number of hydrogen-bond acceptors (Lipinski definition) is 4. The number of aliphatic carboxylic acids is 1. The Morgan fingerprint density at radius 2 is 1.78 bits per heavy atom. The average Bonchev–Trinajstić information content (AvgIpc) is 3.27. The summed E-state index contributed by atoms with van der Waals surface area (Å²) in [5.74, 6) is -1.04. The monoisotopic (exact) mass is 503 g/mol. The highest BCUT2D eigenvalue weighted by atomic mass is 19.1. The zero-order chi connectivity index (χ0) is 26.1. The third-order valence-corrected chi connectivity index (χ3v) is 8.54. The minimum Gasteiger partial charge on any atom is -0.481 e. The summed E-state index contributed by atoms with van der Waals surface area (Å²) in [4.78, 5) is 22.2. The van der Waals surface area contributed by atoms with Gasteiger partial charge in [-0.15, -0.1) is 0 Å². The van der Waals surface area contributed by atoms with Crippen molar-refractivity contribution in [3.8, 4) is 0 Å². The van der Waals surface area contributed by atoms with Crippen LogP contribution >= 0.6 is 0 Å². The molecule has 37 heavy (non-hydrogen) atoms. The summed E-state index contributed by atoms with van der Waals surface area (Å²) in [7, 11) is 0. The first-order valence-electron chi connectivity index (χ1n) is 13.1. The lowest BCUT2D eigenvalue weighted by molar-refractivity contribution is -0.148. The number of hydrogen-bond donors (Lipinski definition) is 2. The van der Waals surface area contributed by atoms with Gasteiger partial charge in [0.1, 0.15) is 17.5 Å². The SMILES string of the molecule is CC(C)(C)c1cccc2c(NC3C4CCC(CC4)C3C(=O)O)nc(C3=CCc4c(F)cc(F)cc43)nc12. The molecule has 2 atom stereocenters. The molecule has 0 radical (unpaired) electrons. The first kappa shape index (κ1) is 24.0. The van der Waals surface area contributed by atoms with Crippen LogP contribution < -0.4 is 5.32 Å². The Balaban J connectivity index is 1.53. The predicted molar refractivity (Wildman–Crippen MR) is 139 cm³/mol. The van der Waals surface area contributed by atoms with Gasteiger partial charge in [0, 0.05) is 23.1 Å². The van der Waals surface area contributed by atoms with E-state index in [1.807, 2.05) is 24.3 Å². The number of para-hydroxylation sites is 1. The maximum absolute atomic E-state index is 14.5. The summed E-state index contributed by atoms with van der Waals surface area (Å²) in [6.45, 7) is 6.35. The van der Waals surface area contributed by atoms with Crippen LogP contribution in [0.5, 0.6) is 0 Å². The second-order valence-corrected chi connectivity index (χ2v) is 11.8. The Morgan fingerprint density at radius 3 is 2.49 bits per heavy atom. The van der Waals surface area contributed by atoms with Gasteiger partial charge < -0.3 is 10.4 Å². The fourth-order valence-corrected chi connectivity index (χ4v) is 6.74. The van der Waals surface area contributed by atoms with E-state index in [1.165, 1.54) is 6.07 Å². The van der Waals surface area contributed by atoms with Gasteiger partial charge in [-0.1, -0.05) is 39.0 Å². The van der Waals surface area contributed by atoms with Crippen molar-refractivity contribution >= 4 is 28.3 Å².